The fourth-order valence-electron chi connectivity index (χ4n) is 2.68. The van der Waals surface area contributed by atoms with Gasteiger partial charge in [-0.1, -0.05) is 57.3 Å². The summed E-state index contributed by atoms with van der Waals surface area (Å²) in [7, 11) is -3.74. The van der Waals surface area contributed by atoms with Gasteiger partial charge in [0, 0.05) is 11.6 Å². The fourth-order valence-corrected chi connectivity index (χ4v) is 4.50. The summed E-state index contributed by atoms with van der Waals surface area (Å²) < 4.78 is 27.2. The van der Waals surface area contributed by atoms with Crippen LogP contribution in [0.15, 0.2) is 29.2 Å². The van der Waals surface area contributed by atoms with Gasteiger partial charge in [-0.15, -0.1) is 10.2 Å². The molecule has 0 saturated carbocycles. The third-order valence-electron chi connectivity index (χ3n) is 4.37. The van der Waals surface area contributed by atoms with Gasteiger partial charge in [0.15, 0.2) is 0 Å². The van der Waals surface area contributed by atoms with Gasteiger partial charge < -0.3 is 5.32 Å². The van der Waals surface area contributed by atoms with Crippen molar-refractivity contribution in [3.63, 3.8) is 0 Å². The first kappa shape index (κ1) is 22.3. The van der Waals surface area contributed by atoms with Crippen molar-refractivity contribution in [2.75, 3.05) is 10.0 Å². The molecule has 0 aliphatic carbocycles. The van der Waals surface area contributed by atoms with Crippen molar-refractivity contribution in [2.45, 2.75) is 64.2 Å². The quantitative estimate of drug-likeness (QED) is 0.514. The van der Waals surface area contributed by atoms with E-state index in [-0.39, 0.29) is 21.9 Å². The molecule has 154 valence electrons. The van der Waals surface area contributed by atoms with E-state index in [1.54, 1.807) is 19.1 Å². The third kappa shape index (κ3) is 6.87. The first-order valence-corrected chi connectivity index (χ1v) is 11.9. The van der Waals surface area contributed by atoms with Gasteiger partial charge in [0.25, 0.3) is 10.0 Å². The van der Waals surface area contributed by atoms with Crippen LogP contribution in [0.1, 0.15) is 57.4 Å². The van der Waals surface area contributed by atoms with E-state index in [1.165, 1.54) is 42.7 Å². The molecule has 2 rings (SSSR count). The van der Waals surface area contributed by atoms with Crippen LogP contribution in [0.5, 0.6) is 0 Å². The molecule has 0 spiro atoms. The van der Waals surface area contributed by atoms with E-state index in [0.29, 0.717) is 10.7 Å². The summed E-state index contributed by atoms with van der Waals surface area (Å²) in [6.07, 6.45) is 6.71. The zero-order chi connectivity index (χ0) is 20.6. The van der Waals surface area contributed by atoms with E-state index in [9.17, 15) is 13.2 Å². The Labute approximate surface area is 171 Å². The summed E-state index contributed by atoms with van der Waals surface area (Å²) in [6.45, 7) is 5.85. The number of amides is 1. The Morgan fingerprint density at radius 2 is 1.79 bits per heavy atom. The highest BCUT2D eigenvalue weighted by molar-refractivity contribution is 7.93. The monoisotopic (exact) mass is 424 g/mol. The molecule has 1 aromatic heterocycles. The molecular formula is C19H28N4O3S2. The van der Waals surface area contributed by atoms with Crippen LogP contribution >= 0.6 is 11.3 Å². The Bertz CT molecular complexity index is 864. The lowest BCUT2D eigenvalue weighted by Crippen LogP contribution is -2.20. The van der Waals surface area contributed by atoms with E-state index < -0.39 is 10.0 Å². The second kappa shape index (κ2) is 10.5. The van der Waals surface area contributed by atoms with Crippen LogP contribution < -0.4 is 10.0 Å². The van der Waals surface area contributed by atoms with Gasteiger partial charge in [0.05, 0.1) is 4.90 Å². The first-order chi connectivity index (χ1) is 13.3. The molecule has 0 aliphatic rings. The highest BCUT2D eigenvalue weighted by Crippen LogP contribution is 2.21. The second-order valence-electron chi connectivity index (χ2n) is 6.85. The number of aryl methyl sites for hydroxylation is 1. The zero-order valence-corrected chi connectivity index (χ0v) is 18.2. The number of nitrogens with zero attached hydrogens (tertiary/aromatic N) is 2. The summed E-state index contributed by atoms with van der Waals surface area (Å²) in [6, 6.07) is 6.10. The predicted octanol–water partition coefficient (Wildman–Crippen LogP) is 4.58. The Hall–Kier alpha value is -2.00. The first-order valence-electron chi connectivity index (χ1n) is 9.55. The van der Waals surface area contributed by atoms with E-state index >= 15 is 0 Å². The summed E-state index contributed by atoms with van der Waals surface area (Å²) in [5.74, 6) is -0.124. The number of carbonyl (C=O) groups is 1. The molecule has 0 bridgehead atoms. The molecule has 7 nitrogen and oxygen atoms in total. The second-order valence-corrected chi connectivity index (χ2v) is 9.71. The van der Waals surface area contributed by atoms with Crippen molar-refractivity contribution >= 4 is 38.1 Å². The van der Waals surface area contributed by atoms with E-state index in [0.717, 1.165) is 19.3 Å². The lowest BCUT2D eigenvalue weighted by molar-refractivity contribution is -0.119. The third-order valence-corrected chi connectivity index (χ3v) is 6.61. The van der Waals surface area contributed by atoms with Crippen molar-refractivity contribution in [3.05, 3.63) is 29.3 Å². The Kier molecular flexibility index (Phi) is 8.37. The normalized spacial score (nSPS) is 12.5. The lowest BCUT2D eigenvalue weighted by atomic mass is 10.0. The molecule has 0 aliphatic heterocycles. The van der Waals surface area contributed by atoms with Crippen LogP contribution in [0.4, 0.5) is 10.8 Å². The van der Waals surface area contributed by atoms with Crippen LogP contribution in [-0.2, 0) is 14.8 Å². The highest BCUT2D eigenvalue weighted by Gasteiger charge is 2.17. The summed E-state index contributed by atoms with van der Waals surface area (Å²) >= 11 is 1.17. The minimum atomic E-state index is -3.74. The number of nitrogens with one attached hydrogen (secondary N) is 2. The smallest absolute Gasteiger partial charge is 0.263 e. The van der Waals surface area contributed by atoms with E-state index in [1.807, 2.05) is 6.92 Å². The maximum absolute atomic E-state index is 12.4. The molecule has 0 radical (unpaired) electrons. The van der Waals surface area contributed by atoms with Crippen LogP contribution in [-0.4, -0.2) is 24.5 Å². The lowest BCUT2D eigenvalue weighted by Gasteiger charge is -2.12. The van der Waals surface area contributed by atoms with E-state index in [2.05, 4.69) is 27.2 Å². The van der Waals surface area contributed by atoms with Crippen LogP contribution in [0.2, 0.25) is 0 Å². The van der Waals surface area contributed by atoms with E-state index in [4.69, 9.17) is 0 Å². The molecule has 0 fully saturated rings. The number of unbranched alkanes of at least 4 members (excludes halogenated alkanes) is 4. The van der Waals surface area contributed by atoms with Gasteiger partial charge >= 0.3 is 0 Å². The van der Waals surface area contributed by atoms with Gasteiger partial charge in [-0.25, -0.2) is 8.42 Å². The molecule has 0 saturated heterocycles. The summed E-state index contributed by atoms with van der Waals surface area (Å²) in [5.41, 5.74) is 0.577. The molecule has 1 aromatic carbocycles. The van der Waals surface area contributed by atoms with Gasteiger partial charge in [-0.2, -0.15) is 0 Å². The SMILES string of the molecule is CCCCCCCC(C)C(=O)Nc1ccc(S(=O)(=O)Nc2nnc(C)s2)cc1. The Morgan fingerprint density at radius 1 is 1.11 bits per heavy atom. The molecule has 9 heteroatoms. The maximum atomic E-state index is 12.4. The standard InChI is InChI=1S/C19H28N4O3S2/c1-4-5-6-7-8-9-14(2)18(24)20-16-10-12-17(13-11-16)28(25,26)23-19-22-21-15(3)27-19/h10-14H,4-9H2,1-3H3,(H,20,24)(H,22,23). The molecule has 1 unspecified atom stereocenters. The van der Waals surface area contributed by atoms with Gasteiger partial charge in [-0.3, -0.25) is 9.52 Å². The zero-order valence-electron chi connectivity index (χ0n) is 16.6. The number of aromatic nitrogens is 2. The number of carbonyl (C=O) groups excluding carboxylic acids is 1. The predicted molar refractivity (Wildman–Crippen MR) is 113 cm³/mol. The van der Waals surface area contributed by atoms with Gasteiger partial charge in [0.2, 0.25) is 11.0 Å². The minimum absolute atomic E-state index is 0.0476. The van der Waals surface area contributed by atoms with Crippen LogP contribution in [0.3, 0.4) is 0 Å². The molecular weight excluding hydrogens is 396 g/mol. The van der Waals surface area contributed by atoms with Gasteiger partial charge in [0.1, 0.15) is 5.01 Å². The number of sulfonamides is 1. The topological polar surface area (TPSA) is 101 Å². The minimum Gasteiger partial charge on any atom is -0.326 e. The average Bonchev–Trinajstić information content (AvgIpc) is 3.05. The van der Waals surface area contributed by atoms with Crippen molar-refractivity contribution < 1.29 is 13.2 Å². The Morgan fingerprint density at radius 3 is 2.39 bits per heavy atom. The molecule has 1 amide bonds. The molecule has 2 N–H and O–H groups in total. The number of rotatable bonds is 11. The number of hydrogen-bond donors (Lipinski definition) is 2. The van der Waals surface area contributed by atoms with Crippen LogP contribution in [0.25, 0.3) is 0 Å². The summed E-state index contributed by atoms with van der Waals surface area (Å²) in [4.78, 5) is 12.4. The largest absolute Gasteiger partial charge is 0.326 e. The molecule has 28 heavy (non-hydrogen) atoms. The number of anilines is 2. The van der Waals surface area contributed by atoms with Gasteiger partial charge in [-0.05, 0) is 37.6 Å². The van der Waals surface area contributed by atoms with Crippen molar-refractivity contribution in [1.29, 1.82) is 0 Å². The van der Waals surface area contributed by atoms with Crippen molar-refractivity contribution in [3.8, 4) is 0 Å². The number of benzene rings is 1. The van der Waals surface area contributed by atoms with Crippen molar-refractivity contribution in [1.82, 2.24) is 10.2 Å². The Balaban J connectivity index is 1.88. The average molecular weight is 425 g/mol. The maximum Gasteiger partial charge on any atom is 0.263 e. The molecule has 1 heterocycles. The molecule has 1 atom stereocenters. The van der Waals surface area contributed by atoms with Crippen LogP contribution in [0, 0.1) is 12.8 Å². The molecule has 2 aromatic rings. The summed E-state index contributed by atoms with van der Waals surface area (Å²) in [5, 5.41) is 11.3. The number of hydrogen-bond acceptors (Lipinski definition) is 6. The highest BCUT2D eigenvalue weighted by atomic mass is 32.2. The fraction of sp³-hybridized carbons (Fsp3) is 0.526. The van der Waals surface area contributed by atoms with Crippen molar-refractivity contribution in [2.24, 2.45) is 5.92 Å².